The highest BCUT2D eigenvalue weighted by atomic mass is 16.5. The number of hydrogen-bond donors (Lipinski definition) is 1. The second-order valence-electron chi connectivity index (χ2n) is 7.63. The van der Waals surface area contributed by atoms with E-state index in [0.29, 0.717) is 25.6 Å². The van der Waals surface area contributed by atoms with Crippen molar-refractivity contribution in [3.05, 3.63) is 23.4 Å². The third-order valence-corrected chi connectivity index (χ3v) is 6.07. The summed E-state index contributed by atoms with van der Waals surface area (Å²) in [6, 6.07) is 1.99. The Morgan fingerprint density at radius 3 is 3.04 bits per heavy atom. The monoisotopic (exact) mass is 360 g/mol. The minimum atomic E-state index is -0.0540. The smallest absolute Gasteiger partial charge is 0.244 e. The summed E-state index contributed by atoms with van der Waals surface area (Å²) in [6.07, 6.45) is 6.12. The molecule has 2 saturated heterocycles. The molecule has 2 N–H and O–H groups in total. The van der Waals surface area contributed by atoms with Gasteiger partial charge in [-0.05, 0) is 32.6 Å². The number of aryl methyl sites for hydroxylation is 1. The van der Waals surface area contributed by atoms with Gasteiger partial charge < -0.3 is 20.1 Å². The number of nitrogen functional groups attached to an aromatic ring is 1. The third kappa shape index (κ3) is 3.03. The molecule has 26 heavy (non-hydrogen) atoms. The number of ether oxygens (including phenoxy) is 2. The van der Waals surface area contributed by atoms with E-state index in [2.05, 4.69) is 16.1 Å². The van der Waals surface area contributed by atoms with Crippen LogP contribution in [0.25, 0.3) is 0 Å². The maximum Gasteiger partial charge on any atom is 0.244 e. The van der Waals surface area contributed by atoms with E-state index in [1.807, 2.05) is 6.92 Å². The molecule has 2 atom stereocenters. The summed E-state index contributed by atoms with van der Waals surface area (Å²) in [5, 5.41) is 4.35. The van der Waals surface area contributed by atoms with Crippen LogP contribution in [0.4, 0.5) is 5.82 Å². The molecule has 0 aliphatic carbocycles. The summed E-state index contributed by atoms with van der Waals surface area (Å²) in [4.78, 5) is 15.2. The summed E-state index contributed by atoms with van der Waals surface area (Å²) in [7, 11) is 0. The lowest BCUT2D eigenvalue weighted by Crippen LogP contribution is -2.60. The fourth-order valence-corrected chi connectivity index (χ4v) is 4.89. The van der Waals surface area contributed by atoms with E-state index in [1.54, 1.807) is 10.7 Å². The molecule has 0 unspecified atom stereocenters. The minimum Gasteiger partial charge on any atom is -0.384 e. The van der Waals surface area contributed by atoms with Gasteiger partial charge in [0.15, 0.2) is 0 Å². The average Bonchev–Trinajstić information content (AvgIpc) is 2.98. The molecule has 1 aromatic rings. The summed E-state index contributed by atoms with van der Waals surface area (Å²) in [5.41, 5.74) is 8.18. The lowest BCUT2D eigenvalue weighted by atomic mass is 9.65. The van der Waals surface area contributed by atoms with Crippen molar-refractivity contribution in [1.82, 2.24) is 14.7 Å². The lowest BCUT2D eigenvalue weighted by Gasteiger charge is -2.54. The zero-order chi connectivity index (χ0) is 18.1. The van der Waals surface area contributed by atoms with Crippen LogP contribution in [0.5, 0.6) is 0 Å². The van der Waals surface area contributed by atoms with Gasteiger partial charge in [-0.2, -0.15) is 5.10 Å². The van der Waals surface area contributed by atoms with Crippen LogP contribution in [-0.4, -0.2) is 59.6 Å². The average molecular weight is 360 g/mol. The van der Waals surface area contributed by atoms with E-state index in [0.717, 1.165) is 44.5 Å². The maximum absolute atomic E-state index is 13.1. The Morgan fingerprint density at radius 1 is 1.42 bits per heavy atom. The van der Waals surface area contributed by atoms with Gasteiger partial charge in [0.2, 0.25) is 5.91 Å². The van der Waals surface area contributed by atoms with E-state index in [4.69, 9.17) is 15.2 Å². The van der Waals surface area contributed by atoms with E-state index < -0.39 is 0 Å². The van der Waals surface area contributed by atoms with Gasteiger partial charge in [-0.25, -0.2) is 4.68 Å². The number of carbonyl (C=O) groups is 1. The Hall–Kier alpha value is -1.86. The first-order valence-electron chi connectivity index (χ1n) is 9.54. The number of aromatic nitrogens is 2. The number of nitrogens with zero attached hydrogens (tertiary/aromatic N) is 3. The van der Waals surface area contributed by atoms with Crippen molar-refractivity contribution in [3.8, 4) is 0 Å². The number of amides is 1. The van der Waals surface area contributed by atoms with E-state index in [9.17, 15) is 4.79 Å². The molecule has 2 fully saturated rings. The van der Waals surface area contributed by atoms with E-state index in [1.165, 1.54) is 5.57 Å². The Morgan fingerprint density at radius 2 is 2.31 bits per heavy atom. The Balaban J connectivity index is 1.59. The van der Waals surface area contributed by atoms with Gasteiger partial charge in [-0.3, -0.25) is 4.79 Å². The van der Waals surface area contributed by atoms with Crippen LogP contribution in [0.15, 0.2) is 17.7 Å². The van der Waals surface area contributed by atoms with Crippen LogP contribution >= 0.6 is 0 Å². The molecule has 4 heterocycles. The minimum absolute atomic E-state index is 0.0540. The molecule has 4 rings (SSSR count). The molecular weight excluding hydrogens is 332 g/mol. The van der Waals surface area contributed by atoms with Crippen LogP contribution in [0.3, 0.4) is 0 Å². The summed E-state index contributed by atoms with van der Waals surface area (Å²) in [6.45, 7) is 5.74. The standard InChI is InChI=1S/C19H28N4O3/c1-14-11-17(20)23(21-14)12-18(24)22-7-2-6-19(13-26-10-5-16(19)22)15-3-8-25-9-4-15/h3,11,16H,2,4-10,12-13,20H2,1H3/t16-,19-/m1/s1. The summed E-state index contributed by atoms with van der Waals surface area (Å²) < 4.78 is 13.0. The van der Waals surface area contributed by atoms with Gasteiger partial charge in [0.25, 0.3) is 0 Å². The number of piperidine rings is 1. The van der Waals surface area contributed by atoms with Crippen molar-refractivity contribution in [3.63, 3.8) is 0 Å². The quantitative estimate of drug-likeness (QED) is 0.827. The van der Waals surface area contributed by atoms with Gasteiger partial charge >= 0.3 is 0 Å². The van der Waals surface area contributed by atoms with Crippen LogP contribution in [0, 0.1) is 12.3 Å². The molecule has 1 amide bonds. The highest BCUT2D eigenvalue weighted by Gasteiger charge is 2.50. The van der Waals surface area contributed by atoms with Crippen molar-refractivity contribution in [2.45, 2.75) is 45.2 Å². The van der Waals surface area contributed by atoms with Crippen LogP contribution < -0.4 is 5.73 Å². The first-order valence-corrected chi connectivity index (χ1v) is 9.54. The molecule has 0 radical (unpaired) electrons. The predicted octanol–water partition coefficient (Wildman–Crippen LogP) is 1.52. The molecule has 142 valence electrons. The largest absolute Gasteiger partial charge is 0.384 e. The highest BCUT2D eigenvalue weighted by Crippen LogP contribution is 2.47. The predicted molar refractivity (Wildman–Crippen MR) is 97.5 cm³/mol. The second kappa shape index (κ2) is 7.04. The Kier molecular flexibility index (Phi) is 4.75. The third-order valence-electron chi connectivity index (χ3n) is 6.07. The van der Waals surface area contributed by atoms with Gasteiger partial charge in [-0.15, -0.1) is 0 Å². The van der Waals surface area contributed by atoms with E-state index in [-0.39, 0.29) is 23.9 Å². The molecule has 7 heteroatoms. The molecule has 3 aliphatic heterocycles. The number of rotatable bonds is 3. The summed E-state index contributed by atoms with van der Waals surface area (Å²) >= 11 is 0. The van der Waals surface area contributed by atoms with Crippen molar-refractivity contribution >= 4 is 11.7 Å². The molecule has 0 spiro atoms. The molecule has 7 nitrogen and oxygen atoms in total. The zero-order valence-corrected chi connectivity index (χ0v) is 15.4. The van der Waals surface area contributed by atoms with Crippen LogP contribution in [-0.2, 0) is 20.8 Å². The lowest BCUT2D eigenvalue weighted by molar-refractivity contribution is -0.148. The van der Waals surface area contributed by atoms with Gasteiger partial charge in [0.1, 0.15) is 12.4 Å². The number of hydrogen-bond acceptors (Lipinski definition) is 5. The fourth-order valence-electron chi connectivity index (χ4n) is 4.89. The molecule has 0 saturated carbocycles. The number of fused-ring (bicyclic) bond motifs is 1. The molecule has 0 bridgehead atoms. The first kappa shape index (κ1) is 17.5. The molecular formula is C19H28N4O3. The fraction of sp³-hybridized carbons (Fsp3) is 0.684. The molecule has 3 aliphatic rings. The number of anilines is 1. The number of likely N-dealkylation sites (tertiary alicyclic amines) is 1. The number of carbonyl (C=O) groups excluding carboxylic acids is 1. The molecule has 0 aromatic carbocycles. The van der Waals surface area contributed by atoms with Crippen LogP contribution in [0.1, 0.15) is 31.4 Å². The molecule has 1 aromatic heterocycles. The van der Waals surface area contributed by atoms with Crippen molar-refractivity contribution in [2.75, 3.05) is 38.7 Å². The van der Waals surface area contributed by atoms with Gasteiger partial charge in [0, 0.05) is 30.7 Å². The summed E-state index contributed by atoms with van der Waals surface area (Å²) in [5.74, 6) is 0.640. The zero-order valence-electron chi connectivity index (χ0n) is 15.4. The van der Waals surface area contributed by atoms with Gasteiger partial charge in [-0.1, -0.05) is 11.6 Å². The number of nitrogens with two attached hydrogens (primary N) is 1. The SMILES string of the molecule is Cc1cc(N)n(CC(=O)N2CCC[C@]3(C4=CCOCC4)COCC[C@@H]23)n1. The Labute approximate surface area is 154 Å². The maximum atomic E-state index is 13.1. The van der Waals surface area contributed by atoms with Crippen molar-refractivity contribution in [2.24, 2.45) is 5.41 Å². The van der Waals surface area contributed by atoms with Crippen LogP contribution in [0.2, 0.25) is 0 Å². The van der Waals surface area contributed by atoms with Gasteiger partial charge in [0.05, 0.1) is 25.5 Å². The first-order chi connectivity index (χ1) is 12.6. The van der Waals surface area contributed by atoms with Crippen molar-refractivity contribution in [1.29, 1.82) is 0 Å². The van der Waals surface area contributed by atoms with Crippen molar-refractivity contribution < 1.29 is 14.3 Å². The van der Waals surface area contributed by atoms with E-state index >= 15 is 0 Å². The highest BCUT2D eigenvalue weighted by molar-refractivity contribution is 5.77. The topological polar surface area (TPSA) is 82.6 Å². The normalized spacial score (nSPS) is 29.2. The Bertz CT molecular complexity index is 710. The second-order valence-corrected chi connectivity index (χ2v) is 7.63.